The smallest absolute Gasteiger partial charge is 0.298 e. The molecule has 1 saturated heterocycles. The van der Waals surface area contributed by atoms with Gasteiger partial charge in [0.05, 0.1) is 18.1 Å². The Morgan fingerprint density at radius 3 is 2.80 bits per heavy atom. The molecule has 1 fully saturated rings. The quantitative estimate of drug-likeness (QED) is 0.544. The molecule has 0 atom stereocenters. The van der Waals surface area contributed by atoms with Gasteiger partial charge in [-0.3, -0.25) is 10.1 Å². The average Bonchev–Trinajstić information content (AvgIpc) is 2.69. The lowest BCUT2D eigenvalue weighted by molar-refractivity contribution is -0.387. The summed E-state index contributed by atoms with van der Waals surface area (Å²) < 4.78 is 10.4. The SMILES string of the molecule is Cc1ccnc(C2OCCO2)c1[N+](=O)[O-]. The van der Waals surface area contributed by atoms with E-state index in [1.165, 1.54) is 6.20 Å². The van der Waals surface area contributed by atoms with E-state index in [4.69, 9.17) is 9.47 Å². The first-order chi connectivity index (χ1) is 7.20. The van der Waals surface area contributed by atoms with E-state index in [1.807, 2.05) is 0 Å². The molecule has 0 spiro atoms. The van der Waals surface area contributed by atoms with Gasteiger partial charge in [-0.15, -0.1) is 0 Å². The van der Waals surface area contributed by atoms with Crippen LogP contribution in [0.2, 0.25) is 0 Å². The van der Waals surface area contributed by atoms with Crippen LogP contribution in [-0.4, -0.2) is 23.1 Å². The molecule has 1 aliphatic heterocycles. The van der Waals surface area contributed by atoms with E-state index in [9.17, 15) is 10.1 Å². The van der Waals surface area contributed by atoms with Crippen molar-refractivity contribution in [3.8, 4) is 0 Å². The second-order valence-corrected chi connectivity index (χ2v) is 3.19. The van der Waals surface area contributed by atoms with Gasteiger partial charge in [0.2, 0.25) is 6.29 Å². The van der Waals surface area contributed by atoms with Crippen molar-refractivity contribution in [1.29, 1.82) is 0 Å². The molecule has 0 radical (unpaired) electrons. The van der Waals surface area contributed by atoms with Crippen LogP contribution in [0.25, 0.3) is 0 Å². The van der Waals surface area contributed by atoms with E-state index in [0.29, 0.717) is 18.8 Å². The van der Waals surface area contributed by atoms with Crippen LogP contribution in [0.1, 0.15) is 17.5 Å². The number of aromatic nitrogens is 1. The third-order valence-electron chi connectivity index (χ3n) is 2.18. The number of pyridine rings is 1. The summed E-state index contributed by atoms with van der Waals surface area (Å²) in [6.45, 7) is 2.55. The molecule has 2 heterocycles. The summed E-state index contributed by atoms with van der Waals surface area (Å²) in [7, 11) is 0. The summed E-state index contributed by atoms with van der Waals surface area (Å²) in [6, 6.07) is 1.59. The zero-order valence-corrected chi connectivity index (χ0v) is 8.17. The van der Waals surface area contributed by atoms with Gasteiger partial charge in [0.1, 0.15) is 0 Å². The monoisotopic (exact) mass is 210 g/mol. The van der Waals surface area contributed by atoms with Crippen molar-refractivity contribution >= 4 is 5.69 Å². The molecule has 2 rings (SSSR count). The van der Waals surface area contributed by atoms with Crippen molar-refractivity contribution in [3.63, 3.8) is 0 Å². The van der Waals surface area contributed by atoms with Crippen LogP contribution in [0.4, 0.5) is 5.69 Å². The van der Waals surface area contributed by atoms with E-state index < -0.39 is 11.2 Å². The third-order valence-corrected chi connectivity index (χ3v) is 2.18. The summed E-state index contributed by atoms with van der Waals surface area (Å²) in [5.74, 6) is 0. The number of nitrogens with zero attached hydrogens (tertiary/aromatic N) is 2. The minimum Gasteiger partial charge on any atom is -0.344 e. The molecule has 1 aromatic rings. The molecule has 1 aliphatic rings. The molecule has 0 bridgehead atoms. The Balaban J connectivity index is 2.45. The summed E-state index contributed by atoms with van der Waals surface area (Å²) in [6.07, 6.45) is 0.813. The fourth-order valence-corrected chi connectivity index (χ4v) is 1.50. The fraction of sp³-hybridized carbons (Fsp3) is 0.444. The molecule has 80 valence electrons. The highest BCUT2D eigenvalue weighted by molar-refractivity contribution is 5.43. The second kappa shape index (κ2) is 3.92. The minimum absolute atomic E-state index is 0.0237. The predicted molar refractivity (Wildman–Crippen MR) is 50.3 cm³/mol. The summed E-state index contributed by atoms with van der Waals surface area (Å²) in [4.78, 5) is 14.3. The maximum absolute atomic E-state index is 10.9. The maximum atomic E-state index is 10.9. The Labute approximate surface area is 86.0 Å². The van der Waals surface area contributed by atoms with Crippen molar-refractivity contribution < 1.29 is 14.4 Å². The third kappa shape index (κ3) is 1.81. The number of hydrogen-bond donors (Lipinski definition) is 0. The van der Waals surface area contributed by atoms with Crippen LogP contribution in [0, 0.1) is 17.0 Å². The molecule has 0 N–H and O–H groups in total. The van der Waals surface area contributed by atoms with Crippen LogP contribution < -0.4 is 0 Å². The van der Waals surface area contributed by atoms with Gasteiger partial charge in [0.25, 0.3) is 5.69 Å². The number of aryl methyl sites for hydroxylation is 1. The van der Waals surface area contributed by atoms with E-state index in [0.717, 1.165) is 0 Å². The molecule has 6 heteroatoms. The first-order valence-electron chi connectivity index (χ1n) is 4.53. The van der Waals surface area contributed by atoms with E-state index >= 15 is 0 Å². The van der Waals surface area contributed by atoms with Crippen LogP contribution in [0.3, 0.4) is 0 Å². The van der Waals surface area contributed by atoms with E-state index in [1.54, 1.807) is 13.0 Å². The second-order valence-electron chi connectivity index (χ2n) is 3.19. The normalized spacial score (nSPS) is 16.9. The first kappa shape index (κ1) is 10.0. The van der Waals surface area contributed by atoms with Crippen molar-refractivity contribution in [3.05, 3.63) is 33.6 Å². The van der Waals surface area contributed by atoms with Gasteiger partial charge in [-0.05, 0) is 13.0 Å². The molecule has 0 saturated carbocycles. The lowest BCUT2D eigenvalue weighted by Gasteiger charge is -2.09. The van der Waals surface area contributed by atoms with Crippen molar-refractivity contribution in [2.75, 3.05) is 13.2 Å². The summed E-state index contributed by atoms with van der Waals surface area (Å²) in [5.41, 5.74) is 0.783. The van der Waals surface area contributed by atoms with Gasteiger partial charge in [-0.2, -0.15) is 0 Å². The largest absolute Gasteiger partial charge is 0.344 e. The lowest BCUT2D eigenvalue weighted by atomic mass is 10.2. The fourth-order valence-electron chi connectivity index (χ4n) is 1.50. The van der Waals surface area contributed by atoms with Gasteiger partial charge in [0.15, 0.2) is 5.69 Å². The molecule has 0 aliphatic carbocycles. The van der Waals surface area contributed by atoms with Crippen molar-refractivity contribution in [1.82, 2.24) is 4.98 Å². The number of hydrogen-bond acceptors (Lipinski definition) is 5. The number of ether oxygens (including phenoxy) is 2. The Bertz CT molecular complexity index is 388. The Kier molecular flexibility index (Phi) is 2.61. The highest BCUT2D eigenvalue weighted by Crippen LogP contribution is 2.31. The molecule has 0 amide bonds. The molecular formula is C9H10N2O4. The molecular weight excluding hydrogens is 200 g/mol. The Morgan fingerprint density at radius 1 is 1.53 bits per heavy atom. The average molecular weight is 210 g/mol. The molecule has 6 nitrogen and oxygen atoms in total. The van der Waals surface area contributed by atoms with Crippen LogP contribution in [-0.2, 0) is 9.47 Å². The lowest BCUT2D eigenvalue weighted by Crippen LogP contribution is -2.07. The highest BCUT2D eigenvalue weighted by atomic mass is 16.7. The molecule has 1 aromatic heterocycles. The van der Waals surface area contributed by atoms with Gasteiger partial charge in [-0.25, -0.2) is 4.98 Å². The van der Waals surface area contributed by atoms with Gasteiger partial charge in [0, 0.05) is 11.8 Å². The molecule has 0 aromatic carbocycles. The Morgan fingerprint density at radius 2 is 2.20 bits per heavy atom. The Hall–Kier alpha value is -1.53. The van der Waals surface area contributed by atoms with Crippen molar-refractivity contribution in [2.45, 2.75) is 13.2 Å². The van der Waals surface area contributed by atoms with Gasteiger partial charge in [-0.1, -0.05) is 0 Å². The minimum atomic E-state index is -0.703. The van der Waals surface area contributed by atoms with Crippen LogP contribution in [0.5, 0.6) is 0 Å². The van der Waals surface area contributed by atoms with Gasteiger partial charge >= 0.3 is 0 Å². The first-order valence-corrected chi connectivity index (χ1v) is 4.53. The zero-order valence-electron chi connectivity index (χ0n) is 8.17. The predicted octanol–water partition coefficient (Wildman–Crippen LogP) is 1.34. The van der Waals surface area contributed by atoms with Crippen LogP contribution >= 0.6 is 0 Å². The highest BCUT2D eigenvalue weighted by Gasteiger charge is 2.29. The number of rotatable bonds is 2. The molecule has 15 heavy (non-hydrogen) atoms. The molecule has 0 unspecified atom stereocenters. The standard InChI is InChI=1S/C9H10N2O4/c1-6-2-3-10-7(8(6)11(12)13)9-14-4-5-15-9/h2-3,9H,4-5H2,1H3. The zero-order chi connectivity index (χ0) is 10.8. The summed E-state index contributed by atoms with van der Waals surface area (Å²) >= 11 is 0. The maximum Gasteiger partial charge on any atom is 0.298 e. The van der Waals surface area contributed by atoms with E-state index in [-0.39, 0.29) is 11.4 Å². The summed E-state index contributed by atoms with van der Waals surface area (Å²) in [5, 5.41) is 10.9. The van der Waals surface area contributed by atoms with Crippen LogP contribution in [0.15, 0.2) is 12.3 Å². The van der Waals surface area contributed by atoms with Gasteiger partial charge < -0.3 is 9.47 Å². The topological polar surface area (TPSA) is 74.5 Å². The van der Waals surface area contributed by atoms with Crippen molar-refractivity contribution in [2.24, 2.45) is 0 Å². The number of nitro groups is 1. The van der Waals surface area contributed by atoms with E-state index in [2.05, 4.69) is 4.98 Å².